The Morgan fingerprint density at radius 2 is 2.06 bits per heavy atom. The van der Waals surface area contributed by atoms with Crippen LogP contribution in [0.4, 0.5) is 5.69 Å². The zero-order valence-corrected chi connectivity index (χ0v) is 12.9. The minimum Gasteiger partial charge on any atom is -0.322 e. The number of rotatable bonds is 2. The maximum atomic E-state index is 12.0. The average Bonchev–Trinajstić information content (AvgIpc) is 2.70. The topological polar surface area (TPSA) is 29.1 Å². The van der Waals surface area contributed by atoms with Crippen LogP contribution in [-0.2, 0) is 0 Å². The van der Waals surface area contributed by atoms with Crippen molar-refractivity contribution in [2.24, 2.45) is 0 Å². The Morgan fingerprint density at radius 1 is 1.29 bits per heavy atom. The van der Waals surface area contributed by atoms with Crippen LogP contribution in [0.1, 0.15) is 15.9 Å². The van der Waals surface area contributed by atoms with Crippen molar-refractivity contribution in [1.29, 1.82) is 0 Å². The maximum absolute atomic E-state index is 12.0. The number of nitrogens with one attached hydrogen (secondary N) is 1. The van der Waals surface area contributed by atoms with Crippen molar-refractivity contribution < 1.29 is 4.79 Å². The molecule has 1 N–H and O–H groups in total. The molecule has 17 heavy (non-hydrogen) atoms. The van der Waals surface area contributed by atoms with E-state index in [9.17, 15) is 4.79 Å². The molecule has 0 aliphatic heterocycles. The van der Waals surface area contributed by atoms with Crippen molar-refractivity contribution in [1.82, 2.24) is 0 Å². The maximum Gasteiger partial charge on any atom is 0.256 e. The summed E-state index contributed by atoms with van der Waals surface area (Å²) in [5.41, 5.74) is 2.53. The Labute approximate surface area is 120 Å². The summed E-state index contributed by atoms with van der Waals surface area (Å²) >= 11 is 8.23. The van der Waals surface area contributed by atoms with Gasteiger partial charge in [-0.25, -0.2) is 0 Å². The summed E-state index contributed by atoms with van der Waals surface area (Å²) in [4.78, 5) is 12.0. The van der Waals surface area contributed by atoms with Crippen LogP contribution in [-0.4, -0.2) is 5.91 Å². The third-order valence-corrected chi connectivity index (χ3v) is 4.28. The summed E-state index contributed by atoms with van der Waals surface area (Å²) in [5.74, 6) is -0.0897. The van der Waals surface area contributed by atoms with E-state index in [1.54, 1.807) is 0 Å². The van der Waals surface area contributed by atoms with Gasteiger partial charge in [-0.3, -0.25) is 4.79 Å². The lowest BCUT2D eigenvalue weighted by molar-refractivity contribution is 0.102. The average molecular weight is 375 g/mol. The first-order valence-electron chi connectivity index (χ1n) is 4.88. The molecule has 0 bridgehead atoms. The Balaban J connectivity index is 2.21. The third-order valence-electron chi connectivity index (χ3n) is 2.28. The Morgan fingerprint density at radius 3 is 2.71 bits per heavy atom. The highest BCUT2D eigenvalue weighted by molar-refractivity contribution is 9.11. The monoisotopic (exact) mass is 373 g/mol. The van der Waals surface area contributed by atoms with E-state index in [4.69, 9.17) is 0 Å². The number of carbonyl (C=O) groups excluding carboxylic acids is 1. The normalized spacial score (nSPS) is 10.3. The van der Waals surface area contributed by atoms with E-state index in [1.807, 2.05) is 36.6 Å². The van der Waals surface area contributed by atoms with Crippen LogP contribution in [0.3, 0.4) is 0 Å². The SMILES string of the molecule is Cc1ccc(Br)cc1NC(=O)c1csc(Br)c1. The van der Waals surface area contributed by atoms with Crippen LogP contribution in [0.2, 0.25) is 0 Å². The number of halogens is 2. The Kier molecular flexibility index (Phi) is 4.01. The molecule has 0 radical (unpaired) electrons. The van der Waals surface area contributed by atoms with Crippen LogP contribution in [0.25, 0.3) is 0 Å². The van der Waals surface area contributed by atoms with Gasteiger partial charge in [0.2, 0.25) is 0 Å². The first-order valence-corrected chi connectivity index (χ1v) is 7.34. The first kappa shape index (κ1) is 12.8. The van der Waals surface area contributed by atoms with E-state index in [1.165, 1.54) is 11.3 Å². The molecule has 0 saturated heterocycles. The fourth-order valence-electron chi connectivity index (χ4n) is 1.35. The Hall–Kier alpha value is -0.650. The molecule has 88 valence electrons. The molecular formula is C12H9Br2NOS. The van der Waals surface area contributed by atoms with Crippen LogP contribution in [0.5, 0.6) is 0 Å². The molecule has 2 nitrogen and oxygen atoms in total. The molecule has 0 aliphatic carbocycles. The van der Waals surface area contributed by atoms with E-state index in [-0.39, 0.29) is 5.91 Å². The summed E-state index contributed by atoms with van der Waals surface area (Å²) in [6, 6.07) is 7.62. The summed E-state index contributed by atoms with van der Waals surface area (Å²) in [5, 5.41) is 4.72. The summed E-state index contributed by atoms with van der Waals surface area (Å²) in [6.45, 7) is 1.96. The largest absolute Gasteiger partial charge is 0.322 e. The van der Waals surface area contributed by atoms with Gasteiger partial charge in [-0.15, -0.1) is 11.3 Å². The smallest absolute Gasteiger partial charge is 0.256 e. The number of hydrogen-bond donors (Lipinski definition) is 1. The Bertz CT molecular complexity index is 565. The fourth-order valence-corrected chi connectivity index (χ4v) is 2.85. The minimum atomic E-state index is -0.0897. The quantitative estimate of drug-likeness (QED) is 0.800. The first-order chi connectivity index (χ1) is 8.06. The van der Waals surface area contributed by atoms with E-state index < -0.39 is 0 Å². The highest BCUT2D eigenvalue weighted by Crippen LogP contribution is 2.24. The predicted octanol–water partition coefficient (Wildman–Crippen LogP) is 4.83. The second-order valence-electron chi connectivity index (χ2n) is 3.55. The van der Waals surface area contributed by atoms with Crippen LogP contribution >= 0.6 is 43.2 Å². The van der Waals surface area contributed by atoms with Crippen molar-refractivity contribution >= 4 is 54.8 Å². The third kappa shape index (κ3) is 3.18. The molecule has 2 aromatic rings. The van der Waals surface area contributed by atoms with Crippen molar-refractivity contribution in [3.8, 4) is 0 Å². The van der Waals surface area contributed by atoms with Crippen LogP contribution in [0.15, 0.2) is 37.9 Å². The fraction of sp³-hybridized carbons (Fsp3) is 0.0833. The van der Waals surface area contributed by atoms with Gasteiger partial charge in [-0.1, -0.05) is 22.0 Å². The molecule has 1 aromatic carbocycles. The minimum absolute atomic E-state index is 0.0897. The van der Waals surface area contributed by atoms with Gasteiger partial charge in [0, 0.05) is 15.5 Å². The summed E-state index contributed by atoms with van der Waals surface area (Å²) in [6.07, 6.45) is 0. The van der Waals surface area contributed by atoms with Crippen LogP contribution < -0.4 is 5.32 Å². The van der Waals surface area contributed by atoms with Gasteiger partial charge < -0.3 is 5.32 Å². The van der Waals surface area contributed by atoms with E-state index in [0.717, 1.165) is 19.5 Å². The molecule has 1 aromatic heterocycles. The van der Waals surface area contributed by atoms with E-state index in [0.29, 0.717) is 5.56 Å². The highest BCUT2D eigenvalue weighted by atomic mass is 79.9. The standard InChI is InChI=1S/C12H9Br2NOS/c1-7-2-3-9(13)5-10(7)15-12(16)8-4-11(14)17-6-8/h2-6H,1H3,(H,15,16). The number of hydrogen-bond acceptors (Lipinski definition) is 2. The van der Waals surface area contributed by atoms with E-state index in [2.05, 4.69) is 37.2 Å². The number of anilines is 1. The van der Waals surface area contributed by atoms with Gasteiger partial charge in [0.25, 0.3) is 5.91 Å². The number of thiophene rings is 1. The molecule has 0 unspecified atom stereocenters. The van der Waals surface area contributed by atoms with Gasteiger partial charge in [0.05, 0.1) is 9.35 Å². The van der Waals surface area contributed by atoms with Crippen molar-refractivity contribution in [3.05, 3.63) is 49.0 Å². The molecule has 0 saturated carbocycles. The molecule has 1 amide bonds. The van der Waals surface area contributed by atoms with Crippen molar-refractivity contribution in [2.75, 3.05) is 5.32 Å². The summed E-state index contributed by atoms with van der Waals surface area (Å²) < 4.78 is 1.90. The molecule has 2 rings (SSSR count). The number of benzene rings is 1. The number of amides is 1. The van der Waals surface area contributed by atoms with Gasteiger partial charge in [-0.2, -0.15) is 0 Å². The zero-order chi connectivity index (χ0) is 12.4. The summed E-state index contributed by atoms with van der Waals surface area (Å²) in [7, 11) is 0. The van der Waals surface area contributed by atoms with E-state index >= 15 is 0 Å². The van der Waals surface area contributed by atoms with Crippen LogP contribution in [0, 0.1) is 6.92 Å². The molecule has 0 aliphatic rings. The lowest BCUT2D eigenvalue weighted by atomic mass is 10.2. The molecule has 0 fully saturated rings. The second-order valence-corrected chi connectivity index (χ2v) is 6.76. The predicted molar refractivity (Wildman–Crippen MR) is 78.9 cm³/mol. The van der Waals surface area contributed by atoms with Gasteiger partial charge in [0.15, 0.2) is 0 Å². The van der Waals surface area contributed by atoms with Gasteiger partial charge in [0.1, 0.15) is 0 Å². The van der Waals surface area contributed by atoms with Gasteiger partial charge >= 0.3 is 0 Å². The second kappa shape index (κ2) is 5.33. The molecule has 5 heteroatoms. The lowest BCUT2D eigenvalue weighted by Crippen LogP contribution is -2.11. The lowest BCUT2D eigenvalue weighted by Gasteiger charge is -2.07. The van der Waals surface area contributed by atoms with Gasteiger partial charge in [-0.05, 0) is 46.6 Å². The molecule has 1 heterocycles. The van der Waals surface area contributed by atoms with Crippen molar-refractivity contribution in [2.45, 2.75) is 6.92 Å². The number of aryl methyl sites for hydroxylation is 1. The molecule has 0 spiro atoms. The highest BCUT2D eigenvalue weighted by Gasteiger charge is 2.09. The number of carbonyl (C=O) groups is 1. The van der Waals surface area contributed by atoms with Crippen molar-refractivity contribution in [3.63, 3.8) is 0 Å². The molecule has 0 atom stereocenters. The zero-order valence-electron chi connectivity index (χ0n) is 8.96. The molecular weight excluding hydrogens is 366 g/mol.